The van der Waals surface area contributed by atoms with E-state index in [-0.39, 0.29) is 0 Å². The maximum absolute atomic E-state index is 2.46. The highest BCUT2D eigenvalue weighted by Gasteiger charge is 2.57. The third kappa shape index (κ3) is 0.810. The fourth-order valence-electron chi connectivity index (χ4n) is 2.43. The Morgan fingerprint density at radius 3 is 2.40 bits per heavy atom. The maximum atomic E-state index is 2.46. The van der Waals surface area contributed by atoms with Gasteiger partial charge in [-0.25, -0.2) is 0 Å². The molecule has 0 N–H and O–H groups in total. The lowest BCUT2D eigenvalue weighted by molar-refractivity contribution is 0.446. The number of hydrogen-bond donors (Lipinski definition) is 0. The molecular weight excluding hydrogens is 120 g/mol. The molecule has 0 radical (unpaired) electrons. The summed E-state index contributed by atoms with van der Waals surface area (Å²) in [6, 6.07) is 0. The SMILES string of the molecule is CCC1(C)CC1C1CC1C. The van der Waals surface area contributed by atoms with E-state index in [1.807, 2.05) is 0 Å². The normalized spacial score (nSPS) is 58.5. The quantitative estimate of drug-likeness (QED) is 0.550. The molecule has 0 bridgehead atoms. The van der Waals surface area contributed by atoms with Gasteiger partial charge < -0.3 is 0 Å². The average Bonchev–Trinajstić information content (AvgIpc) is 2.73. The molecular formula is C10H18. The molecule has 0 aromatic carbocycles. The van der Waals surface area contributed by atoms with Crippen molar-refractivity contribution < 1.29 is 0 Å². The molecule has 2 rings (SSSR count). The van der Waals surface area contributed by atoms with Crippen LogP contribution in [0.1, 0.15) is 40.0 Å². The topological polar surface area (TPSA) is 0 Å². The first-order chi connectivity index (χ1) is 4.67. The summed E-state index contributed by atoms with van der Waals surface area (Å²) in [5.74, 6) is 3.32. The van der Waals surface area contributed by atoms with Gasteiger partial charge in [-0.3, -0.25) is 0 Å². The standard InChI is InChI=1S/C10H18/c1-4-10(3)6-9(10)8-5-7(8)2/h7-9H,4-6H2,1-3H3. The fraction of sp³-hybridized carbons (Fsp3) is 1.00. The summed E-state index contributed by atoms with van der Waals surface area (Å²) in [6.45, 7) is 7.20. The Morgan fingerprint density at radius 2 is 2.10 bits per heavy atom. The molecule has 2 fully saturated rings. The highest BCUT2D eigenvalue weighted by Crippen LogP contribution is 2.66. The predicted molar refractivity (Wildman–Crippen MR) is 43.8 cm³/mol. The van der Waals surface area contributed by atoms with Crippen molar-refractivity contribution in [2.75, 3.05) is 0 Å². The van der Waals surface area contributed by atoms with E-state index in [2.05, 4.69) is 20.8 Å². The Kier molecular flexibility index (Phi) is 1.19. The molecule has 58 valence electrons. The molecule has 4 unspecified atom stereocenters. The lowest BCUT2D eigenvalue weighted by Crippen LogP contribution is -1.97. The van der Waals surface area contributed by atoms with Gasteiger partial charge in [0.25, 0.3) is 0 Å². The molecule has 0 amide bonds. The van der Waals surface area contributed by atoms with Crippen LogP contribution in [0.2, 0.25) is 0 Å². The van der Waals surface area contributed by atoms with Gasteiger partial charge in [0.2, 0.25) is 0 Å². The largest absolute Gasteiger partial charge is 0.0649 e. The second-order valence-electron chi connectivity index (χ2n) is 4.70. The zero-order valence-electron chi connectivity index (χ0n) is 7.35. The highest BCUT2D eigenvalue weighted by atomic mass is 14.6. The first-order valence-corrected chi connectivity index (χ1v) is 4.67. The van der Waals surface area contributed by atoms with E-state index >= 15 is 0 Å². The molecule has 0 heteroatoms. The summed E-state index contributed by atoms with van der Waals surface area (Å²) in [7, 11) is 0. The first-order valence-electron chi connectivity index (χ1n) is 4.67. The van der Waals surface area contributed by atoms with Gasteiger partial charge in [-0.05, 0) is 36.0 Å². The van der Waals surface area contributed by atoms with Crippen LogP contribution in [0.15, 0.2) is 0 Å². The summed E-state index contributed by atoms with van der Waals surface area (Å²) in [5.41, 5.74) is 0.773. The molecule has 4 atom stereocenters. The molecule has 0 aromatic rings. The van der Waals surface area contributed by atoms with E-state index < -0.39 is 0 Å². The third-order valence-corrected chi connectivity index (χ3v) is 3.92. The summed E-state index contributed by atoms with van der Waals surface area (Å²) in [6.07, 6.45) is 4.46. The molecule has 0 nitrogen and oxygen atoms in total. The van der Waals surface area contributed by atoms with Crippen LogP contribution in [0.3, 0.4) is 0 Å². The van der Waals surface area contributed by atoms with Crippen LogP contribution in [-0.2, 0) is 0 Å². The summed E-state index contributed by atoms with van der Waals surface area (Å²) < 4.78 is 0. The first kappa shape index (κ1) is 6.69. The summed E-state index contributed by atoms with van der Waals surface area (Å²) in [4.78, 5) is 0. The van der Waals surface area contributed by atoms with Crippen molar-refractivity contribution in [3.63, 3.8) is 0 Å². The van der Waals surface area contributed by atoms with Crippen molar-refractivity contribution in [3.8, 4) is 0 Å². The van der Waals surface area contributed by atoms with E-state index in [0.717, 1.165) is 23.2 Å². The second-order valence-corrected chi connectivity index (χ2v) is 4.70. The van der Waals surface area contributed by atoms with Gasteiger partial charge in [0.1, 0.15) is 0 Å². The van der Waals surface area contributed by atoms with Crippen molar-refractivity contribution in [1.82, 2.24) is 0 Å². The van der Waals surface area contributed by atoms with Gasteiger partial charge in [0.15, 0.2) is 0 Å². The van der Waals surface area contributed by atoms with Crippen LogP contribution in [0.4, 0.5) is 0 Å². The maximum Gasteiger partial charge on any atom is -0.0294 e. The van der Waals surface area contributed by atoms with Crippen molar-refractivity contribution in [2.24, 2.45) is 23.2 Å². The molecule has 0 spiro atoms. The molecule has 0 aromatic heterocycles. The molecule has 2 aliphatic rings. The number of rotatable bonds is 2. The molecule has 10 heavy (non-hydrogen) atoms. The van der Waals surface area contributed by atoms with Gasteiger partial charge in [-0.2, -0.15) is 0 Å². The lowest BCUT2D eigenvalue weighted by atomic mass is 10.0. The Balaban J connectivity index is 1.90. The number of hydrogen-bond acceptors (Lipinski definition) is 0. The minimum Gasteiger partial charge on any atom is -0.0649 e. The fourth-order valence-corrected chi connectivity index (χ4v) is 2.43. The summed E-state index contributed by atoms with van der Waals surface area (Å²) in [5, 5.41) is 0. The van der Waals surface area contributed by atoms with Crippen LogP contribution in [0.25, 0.3) is 0 Å². The van der Waals surface area contributed by atoms with Crippen molar-refractivity contribution in [2.45, 2.75) is 40.0 Å². The predicted octanol–water partition coefficient (Wildman–Crippen LogP) is 3.08. The van der Waals surface area contributed by atoms with E-state index in [9.17, 15) is 0 Å². The molecule has 0 heterocycles. The van der Waals surface area contributed by atoms with Gasteiger partial charge >= 0.3 is 0 Å². The molecule has 2 saturated carbocycles. The zero-order valence-corrected chi connectivity index (χ0v) is 7.35. The molecule has 0 aliphatic heterocycles. The smallest absolute Gasteiger partial charge is 0.0294 e. The van der Waals surface area contributed by atoms with Gasteiger partial charge in [0, 0.05) is 0 Å². The van der Waals surface area contributed by atoms with Crippen molar-refractivity contribution >= 4 is 0 Å². The van der Waals surface area contributed by atoms with Crippen LogP contribution in [0.5, 0.6) is 0 Å². The van der Waals surface area contributed by atoms with Gasteiger partial charge in [-0.15, -0.1) is 0 Å². The average molecular weight is 138 g/mol. The Morgan fingerprint density at radius 1 is 1.50 bits per heavy atom. The monoisotopic (exact) mass is 138 g/mol. The Bertz CT molecular complexity index is 150. The van der Waals surface area contributed by atoms with E-state index in [4.69, 9.17) is 0 Å². The minimum atomic E-state index is 0.773. The Labute approximate surface area is 64.0 Å². The van der Waals surface area contributed by atoms with E-state index in [1.54, 1.807) is 0 Å². The lowest BCUT2D eigenvalue weighted by Gasteiger charge is -2.05. The van der Waals surface area contributed by atoms with Crippen LogP contribution < -0.4 is 0 Å². The van der Waals surface area contributed by atoms with Crippen molar-refractivity contribution in [1.29, 1.82) is 0 Å². The van der Waals surface area contributed by atoms with Crippen LogP contribution in [-0.4, -0.2) is 0 Å². The van der Waals surface area contributed by atoms with Crippen molar-refractivity contribution in [3.05, 3.63) is 0 Å². The highest BCUT2D eigenvalue weighted by molar-refractivity contribution is 5.07. The molecule has 0 saturated heterocycles. The van der Waals surface area contributed by atoms with Crippen LogP contribution >= 0.6 is 0 Å². The zero-order chi connectivity index (χ0) is 7.35. The summed E-state index contributed by atoms with van der Waals surface area (Å²) >= 11 is 0. The van der Waals surface area contributed by atoms with Gasteiger partial charge in [0.05, 0.1) is 0 Å². The van der Waals surface area contributed by atoms with E-state index in [1.165, 1.54) is 19.3 Å². The Hall–Kier alpha value is 0. The van der Waals surface area contributed by atoms with E-state index in [0.29, 0.717) is 0 Å². The third-order valence-electron chi connectivity index (χ3n) is 3.92. The van der Waals surface area contributed by atoms with Crippen LogP contribution in [0, 0.1) is 23.2 Å². The second kappa shape index (κ2) is 1.78. The molecule has 2 aliphatic carbocycles. The minimum absolute atomic E-state index is 0.773. The van der Waals surface area contributed by atoms with Gasteiger partial charge in [-0.1, -0.05) is 27.2 Å².